The SMILES string of the molecule is Fc1cc(Br)cc(F)c1NCC1CCC2(CCCCC2)O1. The second-order valence-electron chi connectivity index (χ2n) is 6.15. The summed E-state index contributed by atoms with van der Waals surface area (Å²) in [6.07, 6.45) is 8.10. The predicted octanol–water partition coefficient (Wildman–Crippen LogP) is 5.02. The number of anilines is 1. The Morgan fingerprint density at radius 2 is 1.81 bits per heavy atom. The van der Waals surface area contributed by atoms with Crippen molar-refractivity contribution in [3.8, 4) is 0 Å². The summed E-state index contributed by atoms with van der Waals surface area (Å²) in [5, 5.41) is 2.88. The molecule has 0 aromatic heterocycles. The summed E-state index contributed by atoms with van der Waals surface area (Å²) in [6.45, 7) is 0.456. The lowest BCUT2D eigenvalue weighted by atomic mass is 9.83. The zero-order chi connectivity index (χ0) is 14.9. The largest absolute Gasteiger partial charge is 0.378 e. The Kier molecular flexibility index (Phi) is 4.50. The number of benzene rings is 1. The van der Waals surface area contributed by atoms with E-state index in [-0.39, 0.29) is 17.4 Å². The molecule has 1 aromatic rings. The Bertz CT molecular complexity index is 494. The van der Waals surface area contributed by atoms with Crippen LogP contribution in [0.4, 0.5) is 14.5 Å². The summed E-state index contributed by atoms with van der Waals surface area (Å²) < 4.78 is 34.1. The third-order valence-corrected chi connectivity index (χ3v) is 5.07. The molecule has 1 unspecified atom stereocenters. The van der Waals surface area contributed by atoms with Crippen molar-refractivity contribution < 1.29 is 13.5 Å². The maximum Gasteiger partial charge on any atom is 0.150 e. The molecule has 1 N–H and O–H groups in total. The molecule has 5 heteroatoms. The van der Waals surface area contributed by atoms with E-state index in [0.29, 0.717) is 11.0 Å². The Hall–Kier alpha value is -0.680. The van der Waals surface area contributed by atoms with Gasteiger partial charge in [0.1, 0.15) is 17.3 Å². The lowest BCUT2D eigenvalue weighted by Crippen LogP contribution is -2.33. The van der Waals surface area contributed by atoms with Crippen LogP contribution in [0.15, 0.2) is 16.6 Å². The van der Waals surface area contributed by atoms with Gasteiger partial charge < -0.3 is 10.1 Å². The first-order valence-electron chi connectivity index (χ1n) is 7.64. The van der Waals surface area contributed by atoms with Crippen molar-refractivity contribution >= 4 is 21.6 Å². The van der Waals surface area contributed by atoms with Crippen LogP contribution < -0.4 is 5.32 Å². The highest BCUT2D eigenvalue weighted by atomic mass is 79.9. The Balaban J connectivity index is 1.59. The van der Waals surface area contributed by atoms with Crippen LogP contribution in [0, 0.1) is 11.6 Å². The third-order valence-electron chi connectivity index (χ3n) is 4.62. The van der Waals surface area contributed by atoms with Gasteiger partial charge in [0.15, 0.2) is 0 Å². The first-order valence-corrected chi connectivity index (χ1v) is 8.44. The standard InChI is InChI=1S/C16H20BrF2NO/c17-11-8-13(18)15(14(19)9-11)20-10-12-4-7-16(21-12)5-2-1-3-6-16/h8-9,12,20H,1-7,10H2. The molecular formula is C16H20BrF2NO. The average Bonchev–Trinajstić information content (AvgIpc) is 2.81. The number of halogens is 3. The van der Waals surface area contributed by atoms with E-state index in [1.165, 1.54) is 31.4 Å². The fourth-order valence-electron chi connectivity index (χ4n) is 3.53. The Morgan fingerprint density at radius 1 is 1.14 bits per heavy atom. The lowest BCUT2D eigenvalue weighted by molar-refractivity contribution is -0.0588. The zero-order valence-electron chi connectivity index (χ0n) is 11.9. The fraction of sp³-hybridized carbons (Fsp3) is 0.625. The monoisotopic (exact) mass is 359 g/mol. The first kappa shape index (κ1) is 15.2. The normalized spacial score (nSPS) is 24.4. The van der Waals surface area contributed by atoms with Crippen molar-refractivity contribution in [3.05, 3.63) is 28.2 Å². The minimum atomic E-state index is -0.577. The molecule has 2 aliphatic rings. The molecule has 21 heavy (non-hydrogen) atoms. The Morgan fingerprint density at radius 3 is 2.48 bits per heavy atom. The summed E-state index contributed by atoms with van der Waals surface area (Å²) >= 11 is 3.08. The van der Waals surface area contributed by atoms with E-state index in [2.05, 4.69) is 21.2 Å². The topological polar surface area (TPSA) is 21.3 Å². The van der Waals surface area contributed by atoms with Gasteiger partial charge in [-0.1, -0.05) is 35.2 Å². The van der Waals surface area contributed by atoms with E-state index < -0.39 is 11.6 Å². The van der Waals surface area contributed by atoms with Gasteiger partial charge in [0.2, 0.25) is 0 Å². The fourth-order valence-corrected chi connectivity index (χ4v) is 3.93. The van der Waals surface area contributed by atoms with Crippen LogP contribution in [0.5, 0.6) is 0 Å². The second kappa shape index (κ2) is 6.21. The van der Waals surface area contributed by atoms with Crippen LogP contribution in [-0.2, 0) is 4.74 Å². The lowest BCUT2D eigenvalue weighted by Gasteiger charge is -2.33. The van der Waals surface area contributed by atoms with Gasteiger partial charge in [0.05, 0.1) is 11.7 Å². The number of rotatable bonds is 3. The molecule has 0 amide bonds. The van der Waals surface area contributed by atoms with Gasteiger partial charge in [-0.3, -0.25) is 0 Å². The van der Waals surface area contributed by atoms with Gasteiger partial charge in [-0.05, 0) is 37.8 Å². The van der Waals surface area contributed by atoms with Gasteiger partial charge in [-0.25, -0.2) is 8.78 Å². The number of hydrogen-bond donors (Lipinski definition) is 1. The van der Waals surface area contributed by atoms with Gasteiger partial charge in [0, 0.05) is 11.0 Å². The number of ether oxygens (including phenoxy) is 1. The molecule has 116 valence electrons. The molecule has 1 atom stereocenters. The summed E-state index contributed by atoms with van der Waals surface area (Å²) in [6, 6.07) is 2.53. The van der Waals surface area contributed by atoms with Crippen molar-refractivity contribution in [1.82, 2.24) is 0 Å². The minimum absolute atomic E-state index is 0.0431. The summed E-state index contributed by atoms with van der Waals surface area (Å²) in [5.41, 5.74) is -0.0205. The van der Waals surface area contributed by atoms with E-state index in [9.17, 15) is 8.78 Å². The molecule has 3 rings (SSSR count). The maximum atomic E-state index is 13.8. The third kappa shape index (κ3) is 3.39. The molecule has 0 bridgehead atoms. The highest BCUT2D eigenvalue weighted by molar-refractivity contribution is 9.10. The molecule has 1 heterocycles. The molecule has 1 spiro atoms. The molecule has 1 saturated carbocycles. The summed E-state index contributed by atoms with van der Waals surface area (Å²) in [7, 11) is 0. The predicted molar refractivity (Wildman–Crippen MR) is 82.5 cm³/mol. The van der Waals surface area contributed by atoms with Crippen molar-refractivity contribution in [1.29, 1.82) is 0 Å². The van der Waals surface area contributed by atoms with Crippen molar-refractivity contribution in [3.63, 3.8) is 0 Å². The van der Waals surface area contributed by atoms with E-state index in [1.54, 1.807) is 0 Å². The van der Waals surface area contributed by atoms with Gasteiger partial charge in [-0.2, -0.15) is 0 Å². The highest BCUT2D eigenvalue weighted by Crippen LogP contribution is 2.42. The van der Waals surface area contributed by atoms with Crippen molar-refractivity contribution in [2.45, 2.75) is 56.7 Å². The van der Waals surface area contributed by atoms with E-state index >= 15 is 0 Å². The Labute approximate surface area is 132 Å². The van der Waals surface area contributed by atoms with Gasteiger partial charge >= 0.3 is 0 Å². The molecule has 0 radical (unpaired) electrons. The molecule has 1 aromatic carbocycles. The van der Waals surface area contributed by atoms with Crippen LogP contribution in [0.2, 0.25) is 0 Å². The molecule has 1 aliphatic heterocycles. The van der Waals surface area contributed by atoms with Gasteiger partial charge in [0.25, 0.3) is 0 Å². The minimum Gasteiger partial charge on any atom is -0.378 e. The van der Waals surface area contributed by atoms with Crippen molar-refractivity contribution in [2.24, 2.45) is 0 Å². The number of nitrogens with one attached hydrogen (secondary N) is 1. The first-order chi connectivity index (χ1) is 10.1. The van der Waals surface area contributed by atoms with Crippen LogP contribution in [0.1, 0.15) is 44.9 Å². The molecular weight excluding hydrogens is 340 g/mol. The molecule has 2 nitrogen and oxygen atoms in total. The number of hydrogen-bond acceptors (Lipinski definition) is 2. The highest BCUT2D eigenvalue weighted by Gasteiger charge is 2.40. The van der Waals surface area contributed by atoms with Crippen molar-refractivity contribution in [2.75, 3.05) is 11.9 Å². The van der Waals surface area contributed by atoms with E-state index in [4.69, 9.17) is 4.74 Å². The maximum absolute atomic E-state index is 13.8. The average molecular weight is 360 g/mol. The molecule has 1 saturated heterocycles. The van der Waals surface area contributed by atoms with Crippen LogP contribution in [0.25, 0.3) is 0 Å². The smallest absolute Gasteiger partial charge is 0.150 e. The molecule has 1 aliphatic carbocycles. The zero-order valence-corrected chi connectivity index (χ0v) is 13.5. The van der Waals surface area contributed by atoms with Crippen LogP contribution in [0.3, 0.4) is 0 Å². The van der Waals surface area contributed by atoms with E-state index in [0.717, 1.165) is 25.7 Å². The van der Waals surface area contributed by atoms with Crippen LogP contribution >= 0.6 is 15.9 Å². The molecule has 2 fully saturated rings. The summed E-state index contributed by atoms with van der Waals surface area (Å²) in [4.78, 5) is 0. The van der Waals surface area contributed by atoms with Gasteiger partial charge in [-0.15, -0.1) is 0 Å². The van der Waals surface area contributed by atoms with Crippen LogP contribution in [-0.4, -0.2) is 18.2 Å². The quantitative estimate of drug-likeness (QED) is 0.817. The summed E-state index contributed by atoms with van der Waals surface area (Å²) in [5.74, 6) is -1.15. The van der Waals surface area contributed by atoms with E-state index in [1.807, 2.05) is 0 Å². The second-order valence-corrected chi connectivity index (χ2v) is 7.06.